The van der Waals surface area contributed by atoms with Gasteiger partial charge < -0.3 is 25.5 Å². The van der Waals surface area contributed by atoms with Crippen LogP contribution in [0, 0.1) is 0 Å². The van der Waals surface area contributed by atoms with Gasteiger partial charge in [-0.25, -0.2) is 0 Å². The van der Waals surface area contributed by atoms with Crippen molar-refractivity contribution in [2.45, 2.75) is 120 Å². The number of hydrogen-bond acceptors (Lipinski definition) is 7. The Morgan fingerprint density at radius 2 is 0.966 bits per heavy atom. The van der Waals surface area contributed by atoms with Crippen LogP contribution in [0.4, 0.5) is 0 Å². The molecule has 4 atom stereocenters. The van der Waals surface area contributed by atoms with E-state index < -0.39 is 31.0 Å². The lowest BCUT2D eigenvalue weighted by molar-refractivity contribution is -0.111. The number of hydrogen-bond donors (Lipinski definition) is 5. The Hall–Kier alpha value is 0.500. The second-order valence-electron chi connectivity index (χ2n) is 7.87. The molecule has 0 rings (SSSR count). The molecule has 7 heteroatoms. The van der Waals surface area contributed by atoms with Gasteiger partial charge in [0.1, 0.15) is 24.4 Å². The van der Waals surface area contributed by atoms with Gasteiger partial charge in [0.25, 0.3) is 0 Å². The van der Waals surface area contributed by atoms with Crippen molar-refractivity contribution < 1.29 is 25.5 Å². The topological polar surface area (TPSA) is 101 Å². The van der Waals surface area contributed by atoms with Crippen molar-refractivity contribution in [1.82, 2.24) is 0 Å². The van der Waals surface area contributed by atoms with E-state index in [9.17, 15) is 20.4 Å². The Balaban J connectivity index is 4.41. The lowest BCUT2D eigenvalue weighted by Gasteiger charge is -2.30. The average molecular weight is 455 g/mol. The molecule has 5 N–H and O–H groups in total. The van der Waals surface area contributed by atoms with Crippen LogP contribution >= 0.6 is 23.5 Å². The molecule has 0 aliphatic carbocycles. The first-order valence-electron chi connectivity index (χ1n) is 11.6. The Morgan fingerprint density at radius 1 is 0.552 bits per heavy atom. The lowest BCUT2D eigenvalue weighted by Crippen LogP contribution is -2.48. The second kappa shape index (κ2) is 20.4. The molecule has 0 heterocycles. The summed E-state index contributed by atoms with van der Waals surface area (Å²) in [6.45, 7) is 3.76. The highest BCUT2D eigenvalue weighted by atomic mass is 32.2. The minimum atomic E-state index is -1.55. The predicted octanol–water partition coefficient (Wildman–Crippen LogP) is 3.94. The summed E-state index contributed by atoms with van der Waals surface area (Å²) in [5, 5.41) is 49.4. The van der Waals surface area contributed by atoms with Crippen molar-refractivity contribution in [2.75, 3.05) is 18.1 Å². The van der Waals surface area contributed by atoms with E-state index in [2.05, 4.69) is 13.8 Å². The van der Waals surface area contributed by atoms with E-state index in [0.717, 1.165) is 24.3 Å². The first-order chi connectivity index (χ1) is 14.0. The number of aliphatic hydroxyl groups excluding tert-OH is 5. The molecule has 0 aliphatic rings. The molecule has 0 aliphatic heterocycles. The molecule has 0 unspecified atom stereocenters. The van der Waals surface area contributed by atoms with E-state index in [1.54, 1.807) is 23.5 Å². The molecule has 5 nitrogen and oxygen atoms in total. The van der Waals surface area contributed by atoms with Crippen molar-refractivity contribution in [3.05, 3.63) is 0 Å². The molecule has 0 aromatic rings. The largest absolute Gasteiger partial charge is 0.394 e. The fourth-order valence-electron chi connectivity index (χ4n) is 3.11. The summed E-state index contributed by atoms with van der Waals surface area (Å²) in [6, 6.07) is 0. The second-order valence-corrected chi connectivity index (χ2v) is 10.7. The van der Waals surface area contributed by atoms with Crippen LogP contribution in [0.25, 0.3) is 0 Å². The van der Waals surface area contributed by atoms with Crippen LogP contribution in [0.5, 0.6) is 0 Å². The number of unbranched alkanes of at least 4 members (excludes halogenated alkanes) is 10. The van der Waals surface area contributed by atoms with Gasteiger partial charge in [0, 0.05) is 0 Å². The molecule has 0 saturated carbocycles. The summed E-state index contributed by atoms with van der Waals surface area (Å²) in [5.74, 6) is 1.81. The molecular weight excluding hydrogens is 408 g/mol. The summed E-state index contributed by atoms with van der Waals surface area (Å²) >= 11 is 3.26. The van der Waals surface area contributed by atoms with E-state index in [4.69, 9.17) is 5.11 Å². The van der Waals surface area contributed by atoms with Gasteiger partial charge in [-0.2, -0.15) is 0 Å². The zero-order valence-electron chi connectivity index (χ0n) is 18.5. The molecule has 0 aromatic carbocycles. The Labute approximate surface area is 187 Å². The molecule has 0 amide bonds. The van der Waals surface area contributed by atoms with Crippen molar-refractivity contribution in [1.29, 1.82) is 0 Å². The van der Waals surface area contributed by atoms with E-state index in [1.165, 1.54) is 64.2 Å². The van der Waals surface area contributed by atoms with Gasteiger partial charge in [0.2, 0.25) is 0 Å². The molecule has 0 radical (unpaired) electrons. The molecule has 0 spiro atoms. The minimum Gasteiger partial charge on any atom is -0.394 e. The fourth-order valence-corrected chi connectivity index (χ4v) is 5.99. The predicted molar refractivity (Wildman–Crippen MR) is 127 cm³/mol. The van der Waals surface area contributed by atoms with Crippen molar-refractivity contribution in [2.24, 2.45) is 0 Å². The third-order valence-electron chi connectivity index (χ3n) is 5.12. The van der Waals surface area contributed by atoms with Crippen LogP contribution in [-0.2, 0) is 0 Å². The van der Waals surface area contributed by atoms with Gasteiger partial charge in [-0.15, -0.1) is 23.5 Å². The highest BCUT2D eigenvalue weighted by Gasteiger charge is 2.35. The summed E-state index contributed by atoms with van der Waals surface area (Å²) in [4.78, 5) is 0. The summed E-state index contributed by atoms with van der Waals surface area (Å²) in [5.41, 5.74) is 0. The molecular formula is C22H46O5S2. The third-order valence-corrected chi connectivity index (χ3v) is 8.20. The van der Waals surface area contributed by atoms with Crippen molar-refractivity contribution in [3.8, 4) is 0 Å². The summed E-state index contributed by atoms with van der Waals surface area (Å²) in [6.07, 6.45) is 8.89. The van der Waals surface area contributed by atoms with E-state index in [1.807, 2.05) is 0 Å². The highest BCUT2D eigenvalue weighted by molar-refractivity contribution is 8.17. The van der Waals surface area contributed by atoms with Gasteiger partial charge >= 0.3 is 0 Å². The smallest absolute Gasteiger partial charge is 0.111 e. The van der Waals surface area contributed by atoms with Crippen LogP contribution in [0.2, 0.25) is 0 Å². The van der Waals surface area contributed by atoms with E-state index in [-0.39, 0.29) is 4.58 Å². The Kier molecular flexibility index (Phi) is 20.8. The normalized spacial score (nSPS) is 16.1. The van der Waals surface area contributed by atoms with Gasteiger partial charge in [0.15, 0.2) is 0 Å². The average Bonchev–Trinajstić information content (AvgIpc) is 2.74. The first kappa shape index (κ1) is 29.5. The number of aliphatic hydroxyl groups is 5. The van der Waals surface area contributed by atoms with E-state index >= 15 is 0 Å². The maximum absolute atomic E-state index is 10.6. The molecule has 0 fully saturated rings. The zero-order valence-corrected chi connectivity index (χ0v) is 20.2. The quantitative estimate of drug-likeness (QED) is 0.132. The maximum atomic E-state index is 10.6. The zero-order chi connectivity index (χ0) is 21.9. The number of rotatable bonds is 21. The summed E-state index contributed by atoms with van der Waals surface area (Å²) < 4.78 is -0.253. The van der Waals surface area contributed by atoms with Crippen LogP contribution < -0.4 is 0 Å². The Morgan fingerprint density at radius 3 is 1.38 bits per heavy atom. The van der Waals surface area contributed by atoms with Crippen LogP contribution in [0.3, 0.4) is 0 Å². The van der Waals surface area contributed by atoms with Crippen LogP contribution in [-0.4, -0.2) is 72.6 Å². The van der Waals surface area contributed by atoms with Gasteiger partial charge in [0.05, 0.1) is 11.2 Å². The molecule has 0 aromatic heterocycles. The highest BCUT2D eigenvalue weighted by Crippen LogP contribution is 2.31. The van der Waals surface area contributed by atoms with E-state index in [0.29, 0.717) is 0 Å². The molecule has 176 valence electrons. The van der Waals surface area contributed by atoms with Crippen molar-refractivity contribution >= 4 is 23.5 Å². The third kappa shape index (κ3) is 15.0. The molecule has 29 heavy (non-hydrogen) atoms. The lowest BCUT2D eigenvalue weighted by atomic mass is 10.0. The van der Waals surface area contributed by atoms with Crippen LogP contribution in [0.15, 0.2) is 0 Å². The first-order valence-corrected chi connectivity index (χ1v) is 13.7. The van der Waals surface area contributed by atoms with Crippen molar-refractivity contribution in [3.63, 3.8) is 0 Å². The standard InChI is InChI=1S/C22H46O5S2/c1-3-5-7-9-11-13-15-28-22(29-16-14-12-10-8-6-4-2)21(27)20(26)19(25)18(24)17-23/h18-27H,3-17H2,1-2H3/t18-,19-,20+,21-/m1/s1. The van der Waals surface area contributed by atoms with Crippen LogP contribution in [0.1, 0.15) is 90.9 Å². The maximum Gasteiger partial charge on any atom is 0.111 e. The van der Waals surface area contributed by atoms with Gasteiger partial charge in [-0.3, -0.25) is 0 Å². The SMILES string of the molecule is CCCCCCCCSC(SCCCCCCCC)[C@H](O)[C@@H](O)[C@H](O)[C@H](O)CO. The van der Waals surface area contributed by atoms with Gasteiger partial charge in [-0.1, -0.05) is 78.1 Å². The molecule has 0 bridgehead atoms. The van der Waals surface area contributed by atoms with Gasteiger partial charge in [-0.05, 0) is 24.3 Å². The molecule has 0 saturated heterocycles. The summed E-state index contributed by atoms with van der Waals surface area (Å²) in [7, 11) is 0. The number of thioether (sulfide) groups is 2. The Bertz CT molecular complexity index is 331. The minimum absolute atomic E-state index is 0.253. The monoisotopic (exact) mass is 454 g/mol. The fraction of sp³-hybridized carbons (Fsp3) is 1.00.